The van der Waals surface area contributed by atoms with Crippen LogP contribution in [0.15, 0.2) is 24.3 Å². The van der Waals surface area contributed by atoms with Gasteiger partial charge in [-0.05, 0) is 44.4 Å². The van der Waals surface area contributed by atoms with Crippen LogP contribution >= 0.6 is 0 Å². The van der Waals surface area contributed by atoms with E-state index < -0.39 is 0 Å². The minimum atomic E-state index is 0.160. The van der Waals surface area contributed by atoms with Crippen LogP contribution in [0.3, 0.4) is 0 Å². The van der Waals surface area contributed by atoms with Crippen molar-refractivity contribution in [3.8, 4) is 0 Å². The van der Waals surface area contributed by atoms with Crippen LogP contribution in [0.1, 0.15) is 38.4 Å². The monoisotopic (exact) mass is 241 g/mol. The van der Waals surface area contributed by atoms with Crippen LogP contribution < -0.4 is 0 Å². The number of nitrogens with one attached hydrogen (secondary N) is 1. The highest BCUT2D eigenvalue weighted by Crippen LogP contribution is 2.18. The molecule has 1 aromatic heterocycles. The molecule has 0 unspecified atom stereocenters. The first kappa shape index (κ1) is 12.6. The fourth-order valence-electron chi connectivity index (χ4n) is 2.10. The normalized spacial score (nSPS) is 10.7. The Bertz CT molecular complexity index is 576. The Kier molecular flexibility index (Phi) is 3.37. The van der Waals surface area contributed by atoms with Crippen LogP contribution in [0.2, 0.25) is 0 Å². The number of aryl methyl sites for hydroxylation is 2. The maximum Gasteiger partial charge on any atom is 0.183 e. The smallest absolute Gasteiger partial charge is 0.183 e. The van der Waals surface area contributed by atoms with Gasteiger partial charge in [0.25, 0.3) is 0 Å². The van der Waals surface area contributed by atoms with Gasteiger partial charge in [-0.1, -0.05) is 29.8 Å². The van der Waals surface area contributed by atoms with Gasteiger partial charge in [0.15, 0.2) is 5.78 Å². The molecule has 0 saturated heterocycles. The maximum atomic E-state index is 12.3. The first-order chi connectivity index (χ1) is 8.49. The summed E-state index contributed by atoms with van der Waals surface area (Å²) in [6.07, 6.45) is 0.459. The van der Waals surface area contributed by atoms with E-state index in [2.05, 4.69) is 4.98 Å². The number of ketones is 1. The number of hydrogen-bond acceptors (Lipinski definition) is 1. The molecule has 18 heavy (non-hydrogen) atoms. The van der Waals surface area contributed by atoms with E-state index in [1.165, 1.54) is 11.1 Å². The number of hydrogen-bond donors (Lipinski definition) is 1. The Morgan fingerprint density at radius 2 is 1.61 bits per heavy atom. The van der Waals surface area contributed by atoms with E-state index in [9.17, 15) is 4.79 Å². The van der Waals surface area contributed by atoms with Crippen LogP contribution in [-0.2, 0) is 6.42 Å². The molecule has 2 nitrogen and oxygen atoms in total. The Hall–Kier alpha value is -1.83. The number of carbonyl (C=O) groups is 1. The fraction of sp³-hybridized carbons (Fsp3) is 0.312. The molecule has 0 aliphatic carbocycles. The Labute approximate surface area is 108 Å². The average molecular weight is 241 g/mol. The molecule has 0 aliphatic heterocycles. The average Bonchev–Trinajstić information content (AvgIpc) is 2.60. The summed E-state index contributed by atoms with van der Waals surface area (Å²) in [7, 11) is 0. The lowest BCUT2D eigenvalue weighted by molar-refractivity contribution is 0.0988. The van der Waals surface area contributed by atoms with Crippen LogP contribution in [-0.4, -0.2) is 10.8 Å². The molecule has 0 fully saturated rings. The second kappa shape index (κ2) is 4.81. The molecule has 2 aromatic rings. The minimum Gasteiger partial charge on any atom is -0.356 e. The van der Waals surface area contributed by atoms with Gasteiger partial charge in [0.2, 0.25) is 0 Å². The third-order valence-corrected chi connectivity index (χ3v) is 3.58. The summed E-state index contributed by atoms with van der Waals surface area (Å²) >= 11 is 0. The molecule has 1 heterocycles. The molecule has 2 heteroatoms. The van der Waals surface area contributed by atoms with Crippen LogP contribution in [0.25, 0.3) is 0 Å². The lowest BCUT2D eigenvalue weighted by atomic mass is 10.0. The molecular weight excluding hydrogens is 222 g/mol. The molecule has 1 aromatic carbocycles. The topological polar surface area (TPSA) is 32.9 Å². The van der Waals surface area contributed by atoms with Crippen molar-refractivity contribution in [3.63, 3.8) is 0 Å². The summed E-state index contributed by atoms with van der Waals surface area (Å²) in [5.41, 5.74) is 6.38. The molecule has 0 aliphatic rings. The summed E-state index contributed by atoms with van der Waals surface area (Å²) < 4.78 is 0. The van der Waals surface area contributed by atoms with Gasteiger partial charge in [0.1, 0.15) is 0 Å². The predicted molar refractivity (Wildman–Crippen MR) is 74.2 cm³/mol. The standard InChI is InChI=1S/C16H19NO/c1-10-5-7-14(8-6-10)9-15(18)16-12(3)11(2)13(4)17-16/h5-8,17H,9H2,1-4H3. The van der Waals surface area contributed by atoms with Gasteiger partial charge in [-0.15, -0.1) is 0 Å². The van der Waals surface area contributed by atoms with E-state index in [-0.39, 0.29) is 5.78 Å². The van der Waals surface area contributed by atoms with Crippen molar-refractivity contribution in [2.75, 3.05) is 0 Å². The SMILES string of the molecule is Cc1ccc(CC(=O)c2[nH]c(C)c(C)c2C)cc1. The number of H-pyrrole nitrogens is 1. The van der Waals surface area contributed by atoms with Crippen molar-refractivity contribution in [3.05, 3.63) is 57.9 Å². The van der Waals surface area contributed by atoms with E-state index in [1.807, 2.05) is 52.0 Å². The highest BCUT2D eigenvalue weighted by molar-refractivity contribution is 5.97. The second-order valence-corrected chi connectivity index (χ2v) is 4.96. The third-order valence-electron chi connectivity index (χ3n) is 3.58. The zero-order valence-corrected chi connectivity index (χ0v) is 11.4. The molecule has 1 N–H and O–H groups in total. The van der Waals surface area contributed by atoms with Gasteiger partial charge < -0.3 is 4.98 Å². The number of aromatic amines is 1. The first-order valence-electron chi connectivity index (χ1n) is 6.23. The summed E-state index contributed by atoms with van der Waals surface area (Å²) in [6.45, 7) is 8.10. The molecule has 0 radical (unpaired) electrons. The number of aromatic nitrogens is 1. The van der Waals surface area contributed by atoms with Crippen LogP contribution in [0.4, 0.5) is 0 Å². The van der Waals surface area contributed by atoms with E-state index in [0.29, 0.717) is 6.42 Å². The number of carbonyl (C=O) groups excluding carboxylic acids is 1. The minimum absolute atomic E-state index is 0.160. The van der Waals surface area contributed by atoms with E-state index in [1.54, 1.807) is 0 Å². The lowest BCUT2D eigenvalue weighted by Gasteiger charge is -2.02. The molecule has 0 spiro atoms. The fourth-order valence-corrected chi connectivity index (χ4v) is 2.10. The highest BCUT2D eigenvalue weighted by Gasteiger charge is 2.15. The summed E-state index contributed by atoms with van der Waals surface area (Å²) in [4.78, 5) is 15.4. The molecule has 0 saturated carbocycles. The maximum absolute atomic E-state index is 12.3. The zero-order chi connectivity index (χ0) is 13.3. The van der Waals surface area contributed by atoms with Gasteiger partial charge in [-0.25, -0.2) is 0 Å². The van der Waals surface area contributed by atoms with Gasteiger partial charge >= 0.3 is 0 Å². The largest absolute Gasteiger partial charge is 0.356 e. The Balaban J connectivity index is 2.22. The molecule has 0 bridgehead atoms. The summed E-state index contributed by atoms with van der Waals surface area (Å²) in [6, 6.07) is 8.12. The van der Waals surface area contributed by atoms with Crippen LogP contribution in [0.5, 0.6) is 0 Å². The summed E-state index contributed by atoms with van der Waals surface area (Å²) in [5.74, 6) is 0.160. The first-order valence-corrected chi connectivity index (χ1v) is 6.23. The number of Topliss-reactive ketones (excluding diaryl/α,β-unsaturated/α-hetero) is 1. The van der Waals surface area contributed by atoms with Crippen molar-refractivity contribution < 1.29 is 4.79 Å². The van der Waals surface area contributed by atoms with Crippen LogP contribution in [0, 0.1) is 27.7 Å². The summed E-state index contributed by atoms with van der Waals surface area (Å²) in [5, 5.41) is 0. The lowest BCUT2D eigenvalue weighted by Crippen LogP contribution is -2.05. The zero-order valence-electron chi connectivity index (χ0n) is 11.4. The number of benzene rings is 1. The highest BCUT2D eigenvalue weighted by atomic mass is 16.1. The van der Waals surface area contributed by atoms with E-state index in [0.717, 1.165) is 22.5 Å². The predicted octanol–water partition coefficient (Wildman–Crippen LogP) is 3.67. The van der Waals surface area contributed by atoms with Gasteiger partial charge in [-0.3, -0.25) is 4.79 Å². The number of rotatable bonds is 3. The quantitative estimate of drug-likeness (QED) is 0.817. The van der Waals surface area contributed by atoms with Crippen molar-refractivity contribution in [2.24, 2.45) is 0 Å². The van der Waals surface area contributed by atoms with Crippen molar-refractivity contribution >= 4 is 5.78 Å². The third kappa shape index (κ3) is 2.37. The molecule has 2 rings (SSSR count). The van der Waals surface area contributed by atoms with Crippen molar-refractivity contribution in [1.29, 1.82) is 0 Å². The van der Waals surface area contributed by atoms with Gasteiger partial charge in [-0.2, -0.15) is 0 Å². The van der Waals surface area contributed by atoms with Crippen molar-refractivity contribution in [2.45, 2.75) is 34.1 Å². The van der Waals surface area contributed by atoms with Gasteiger partial charge in [0.05, 0.1) is 5.69 Å². The van der Waals surface area contributed by atoms with E-state index >= 15 is 0 Å². The molecule has 94 valence electrons. The Morgan fingerprint density at radius 3 is 2.11 bits per heavy atom. The Morgan fingerprint density at radius 1 is 1.00 bits per heavy atom. The second-order valence-electron chi connectivity index (χ2n) is 4.96. The molecule has 0 amide bonds. The molecular formula is C16H19NO. The van der Waals surface area contributed by atoms with E-state index in [4.69, 9.17) is 0 Å². The van der Waals surface area contributed by atoms with Crippen molar-refractivity contribution in [1.82, 2.24) is 4.98 Å². The molecule has 0 atom stereocenters. The van der Waals surface area contributed by atoms with Gasteiger partial charge in [0, 0.05) is 12.1 Å².